The molecule has 2 aliphatic rings. The fourth-order valence-electron chi connectivity index (χ4n) is 2.84. The Morgan fingerprint density at radius 3 is 2.83 bits per heavy atom. The topological polar surface area (TPSA) is 108 Å². The number of nitrogens with two attached hydrogens (primary N) is 2. The standard InChI is InChI=1S/C17H27N3O4/c1-11(2)8-14(18)17(22)23-10-13-5-6-15(24-13)20-7-3-4-12(9-20)16(19)21/h3,7,9,11,13-15H,4-6,8,10,18H2,1-2H3,(H2,19,21). The fraction of sp³-hybridized carbons (Fsp3) is 0.647. The summed E-state index contributed by atoms with van der Waals surface area (Å²) in [4.78, 5) is 25.0. The zero-order chi connectivity index (χ0) is 17.7. The molecule has 2 aliphatic heterocycles. The average Bonchev–Trinajstić information content (AvgIpc) is 3.01. The third kappa shape index (κ3) is 5.07. The van der Waals surface area contributed by atoms with E-state index in [2.05, 4.69) is 0 Å². The molecule has 2 heterocycles. The van der Waals surface area contributed by atoms with Crippen LogP contribution in [0.4, 0.5) is 0 Å². The summed E-state index contributed by atoms with van der Waals surface area (Å²) in [7, 11) is 0. The predicted molar refractivity (Wildman–Crippen MR) is 89.2 cm³/mol. The van der Waals surface area contributed by atoms with Gasteiger partial charge >= 0.3 is 5.97 Å². The van der Waals surface area contributed by atoms with Crippen molar-refractivity contribution in [2.45, 2.75) is 57.9 Å². The fourth-order valence-corrected chi connectivity index (χ4v) is 2.84. The summed E-state index contributed by atoms with van der Waals surface area (Å²) < 4.78 is 11.2. The van der Waals surface area contributed by atoms with Gasteiger partial charge in [-0.25, -0.2) is 0 Å². The lowest BCUT2D eigenvalue weighted by Crippen LogP contribution is -2.35. The molecule has 0 bridgehead atoms. The Labute approximate surface area is 142 Å². The zero-order valence-corrected chi connectivity index (χ0v) is 14.3. The van der Waals surface area contributed by atoms with Crippen LogP contribution in [0.25, 0.3) is 0 Å². The number of primary amides is 1. The minimum atomic E-state index is -0.590. The Hall–Kier alpha value is -1.86. The molecular weight excluding hydrogens is 310 g/mol. The first-order chi connectivity index (χ1) is 11.4. The summed E-state index contributed by atoms with van der Waals surface area (Å²) in [5.74, 6) is -0.465. The summed E-state index contributed by atoms with van der Waals surface area (Å²) in [5.41, 5.74) is 11.7. The molecule has 134 valence electrons. The second-order valence-electron chi connectivity index (χ2n) is 6.71. The predicted octanol–water partition coefficient (Wildman–Crippen LogP) is 0.997. The largest absolute Gasteiger partial charge is 0.462 e. The molecule has 0 aromatic rings. The van der Waals surface area contributed by atoms with Crippen LogP contribution in [0.5, 0.6) is 0 Å². The van der Waals surface area contributed by atoms with Gasteiger partial charge in [0.15, 0.2) is 0 Å². The third-order valence-electron chi connectivity index (χ3n) is 4.09. The van der Waals surface area contributed by atoms with Crippen molar-refractivity contribution in [3.63, 3.8) is 0 Å². The highest BCUT2D eigenvalue weighted by Gasteiger charge is 2.30. The van der Waals surface area contributed by atoms with E-state index in [0.717, 1.165) is 12.8 Å². The number of rotatable bonds is 7. The molecule has 3 unspecified atom stereocenters. The molecule has 1 amide bonds. The summed E-state index contributed by atoms with van der Waals surface area (Å²) in [6.07, 6.45) is 7.84. The Balaban J connectivity index is 1.79. The summed E-state index contributed by atoms with van der Waals surface area (Å²) in [5, 5.41) is 0. The van der Waals surface area contributed by atoms with Crippen LogP contribution in [0.15, 0.2) is 24.0 Å². The zero-order valence-electron chi connectivity index (χ0n) is 14.3. The molecule has 0 aromatic carbocycles. The van der Waals surface area contributed by atoms with E-state index < -0.39 is 11.9 Å². The highest BCUT2D eigenvalue weighted by atomic mass is 16.6. The van der Waals surface area contributed by atoms with Crippen LogP contribution in [0, 0.1) is 5.92 Å². The molecular formula is C17H27N3O4. The van der Waals surface area contributed by atoms with Crippen molar-refractivity contribution in [3.8, 4) is 0 Å². The van der Waals surface area contributed by atoms with E-state index in [4.69, 9.17) is 20.9 Å². The SMILES string of the molecule is CC(C)CC(N)C(=O)OCC1CCC(N2C=CCC(C(N)=O)=C2)O1. The van der Waals surface area contributed by atoms with Gasteiger partial charge in [-0.3, -0.25) is 9.59 Å². The molecule has 0 spiro atoms. The van der Waals surface area contributed by atoms with Crippen molar-refractivity contribution in [1.29, 1.82) is 0 Å². The Morgan fingerprint density at radius 2 is 2.17 bits per heavy atom. The lowest BCUT2D eigenvalue weighted by Gasteiger charge is -2.27. The van der Waals surface area contributed by atoms with Gasteiger partial charge in [0, 0.05) is 18.0 Å². The second-order valence-corrected chi connectivity index (χ2v) is 6.71. The number of hydrogen-bond acceptors (Lipinski definition) is 6. The maximum atomic E-state index is 11.9. The van der Waals surface area contributed by atoms with Gasteiger partial charge in [0.1, 0.15) is 18.9 Å². The van der Waals surface area contributed by atoms with E-state index in [-0.39, 0.29) is 24.9 Å². The molecule has 7 heteroatoms. The van der Waals surface area contributed by atoms with Crippen LogP contribution < -0.4 is 11.5 Å². The number of amides is 1. The normalized spacial score (nSPS) is 24.8. The summed E-state index contributed by atoms with van der Waals surface area (Å²) in [6, 6.07) is -0.590. The van der Waals surface area contributed by atoms with Gasteiger partial charge in [-0.2, -0.15) is 0 Å². The second kappa shape index (κ2) is 8.30. The minimum absolute atomic E-state index is 0.161. The van der Waals surface area contributed by atoms with Crippen molar-refractivity contribution < 1.29 is 19.1 Å². The lowest BCUT2D eigenvalue weighted by molar-refractivity contribution is -0.150. The number of esters is 1. The van der Waals surface area contributed by atoms with Crippen molar-refractivity contribution in [1.82, 2.24) is 4.90 Å². The Bertz CT molecular complexity index is 530. The monoisotopic (exact) mass is 337 g/mol. The molecule has 3 atom stereocenters. The molecule has 0 aromatic heterocycles. The lowest BCUT2D eigenvalue weighted by atomic mass is 10.1. The van der Waals surface area contributed by atoms with Gasteiger partial charge in [0.2, 0.25) is 5.91 Å². The van der Waals surface area contributed by atoms with Crippen molar-refractivity contribution >= 4 is 11.9 Å². The highest BCUT2D eigenvalue weighted by Crippen LogP contribution is 2.26. The third-order valence-corrected chi connectivity index (χ3v) is 4.09. The number of carbonyl (C=O) groups excluding carboxylic acids is 2. The van der Waals surface area contributed by atoms with Gasteiger partial charge in [0.05, 0.1) is 6.10 Å². The van der Waals surface area contributed by atoms with E-state index in [1.54, 1.807) is 6.20 Å². The van der Waals surface area contributed by atoms with Gasteiger partial charge in [-0.05, 0) is 31.6 Å². The molecule has 7 nitrogen and oxygen atoms in total. The van der Waals surface area contributed by atoms with E-state index in [1.807, 2.05) is 31.0 Å². The molecule has 2 rings (SSSR count). The molecule has 4 N–H and O–H groups in total. The Morgan fingerprint density at radius 1 is 1.42 bits per heavy atom. The minimum Gasteiger partial charge on any atom is -0.462 e. The summed E-state index contributed by atoms with van der Waals surface area (Å²) in [6.45, 7) is 4.22. The van der Waals surface area contributed by atoms with Gasteiger partial charge in [0.25, 0.3) is 0 Å². The molecule has 1 fully saturated rings. The first-order valence-corrected chi connectivity index (χ1v) is 8.39. The summed E-state index contributed by atoms with van der Waals surface area (Å²) >= 11 is 0. The van der Waals surface area contributed by atoms with Crippen molar-refractivity contribution in [2.24, 2.45) is 17.4 Å². The van der Waals surface area contributed by atoms with Crippen LogP contribution in [-0.2, 0) is 19.1 Å². The van der Waals surface area contributed by atoms with Crippen LogP contribution in [0.2, 0.25) is 0 Å². The first-order valence-electron chi connectivity index (χ1n) is 8.39. The maximum Gasteiger partial charge on any atom is 0.323 e. The van der Waals surface area contributed by atoms with E-state index in [1.165, 1.54) is 0 Å². The number of nitrogens with zero attached hydrogens (tertiary/aromatic N) is 1. The molecule has 0 aliphatic carbocycles. The number of hydrogen-bond donors (Lipinski definition) is 2. The maximum absolute atomic E-state index is 11.9. The van der Waals surface area contributed by atoms with E-state index in [9.17, 15) is 9.59 Å². The quantitative estimate of drug-likeness (QED) is 0.671. The Kier molecular flexibility index (Phi) is 6.39. The van der Waals surface area contributed by atoms with Crippen LogP contribution >= 0.6 is 0 Å². The highest BCUT2D eigenvalue weighted by molar-refractivity contribution is 5.92. The van der Waals surface area contributed by atoms with Crippen molar-refractivity contribution in [2.75, 3.05) is 6.61 Å². The van der Waals surface area contributed by atoms with Gasteiger partial charge in [-0.15, -0.1) is 0 Å². The molecule has 0 radical (unpaired) electrons. The number of allylic oxidation sites excluding steroid dienone is 1. The molecule has 1 saturated heterocycles. The van der Waals surface area contributed by atoms with E-state index >= 15 is 0 Å². The van der Waals surface area contributed by atoms with Gasteiger partial charge < -0.3 is 25.8 Å². The smallest absolute Gasteiger partial charge is 0.323 e. The number of carbonyl (C=O) groups is 2. The first kappa shape index (κ1) is 18.5. The van der Waals surface area contributed by atoms with Crippen LogP contribution in [0.3, 0.4) is 0 Å². The van der Waals surface area contributed by atoms with E-state index in [0.29, 0.717) is 24.3 Å². The molecule has 0 saturated carbocycles. The molecule has 24 heavy (non-hydrogen) atoms. The van der Waals surface area contributed by atoms with Crippen molar-refractivity contribution in [3.05, 3.63) is 24.0 Å². The van der Waals surface area contributed by atoms with Crippen LogP contribution in [0.1, 0.15) is 39.5 Å². The number of ether oxygens (including phenoxy) is 2. The van der Waals surface area contributed by atoms with Crippen LogP contribution in [-0.4, -0.2) is 41.8 Å². The average molecular weight is 337 g/mol. The van der Waals surface area contributed by atoms with Gasteiger partial charge in [-0.1, -0.05) is 19.9 Å².